The van der Waals surface area contributed by atoms with Crippen molar-refractivity contribution < 1.29 is 14.3 Å². The molecule has 1 saturated carbocycles. The number of benzene rings is 2. The van der Waals surface area contributed by atoms with Gasteiger partial charge in [0.15, 0.2) is 0 Å². The highest BCUT2D eigenvalue weighted by Gasteiger charge is 2.48. The highest BCUT2D eigenvalue weighted by Crippen LogP contribution is 2.50. The largest absolute Gasteiger partial charge is 0.427 e. The van der Waals surface area contributed by atoms with Crippen molar-refractivity contribution in [2.45, 2.75) is 44.1 Å². The van der Waals surface area contributed by atoms with Gasteiger partial charge in [-0.3, -0.25) is 9.59 Å². The fourth-order valence-electron chi connectivity index (χ4n) is 5.60. The van der Waals surface area contributed by atoms with Crippen LogP contribution in [0.5, 0.6) is 5.75 Å². The predicted octanol–water partition coefficient (Wildman–Crippen LogP) is 4.13. The van der Waals surface area contributed by atoms with Crippen LogP contribution in [0.2, 0.25) is 0 Å². The van der Waals surface area contributed by atoms with Crippen LogP contribution in [0, 0.1) is 5.92 Å². The molecule has 2 aromatic rings. The molecule has 2 unspecified atom stereocenters. The van der Waals surface area contributed by atoms with Crippen molar-refractivity contribution in [3.8, 4) is 5.75 Å². The summed E-state index contributed by atoms with van der Waals surface area (Å²) in [5.41, 5.74) is 1.95. The Kier molecular flexibility index (Phi) is 6.15. The van der Waals surface area contributed by atoms with Crippen LogP contribution in [0.1, 0.15) is 48.5 Å². The Labute approximate surface area is 185 Å². The average molecular weight is 421 g/mol. The molecule has 5 heteroatoms. The van der Waals surface area contributed by atoms with Crippen LogP contribution in [0.15, 0.2) is 54.6 Å². The summed E-state index contributed by atoms with van der Waals surface area (Å²) in [6.07, 6.45) is 4.07. The van der Waals surface area contributed by atoms with Crippen LogP contribution >= 0.6 is 0 Å². The Hall–Kier alpha value is -2.66. The minimum atomic E-state index is -0.302. The van der Waals surface area contributed by atoms with Crippen molar-refractivity contribution in [2.75, 3.05) is 27.2 Å². The highest BCUT2D eigenvalue weighted by molar-refractivity contribution is 5.94. The van der Waals surface area contributed by atoms with E-state index in [9.17, 15) is 9.59 Å². The SMILES string of the molecule is CC(=O)Oc1cccc(C23CCN(C)CC2CC[C@@H](N(C)C(=O)c2ccccc2)C3)c1. The molecule has 1 saturated heterocycles. The lowest BCUT2D eigenvalue weighted by Crippen LogP contribution is -2.55. The second kappa shape index (κ2) is 8.83. The number of fused-ring (bicyclic) bond motifs is 1. The number of esters is 1. The Bertz CT molecular complexity index is 945. The van der Waals surface area contributed by atoms with E-state index in [1.54, 1.807) is 0 Å². The second-order valence-electron chi connectivity index (χ2n) is 9.20. The van der Waals surface area contributed by atoms with Gasteiger partial charge >= 0.3 is 5.97 Å². The van der Waals surface area contributed by atoms with Gasteiger partial charge in [-0.05, 0) is 75.0 Å². The van der Waals surface area contributed by atoms with Crippen LogP contribution in [0.4, 0.5) is 0 Å². The van der Waals surface area contributed by atoms with Gasteiger partial charge in [-0.2, -0.15) is 0 Å². The molecular weight excluding hydrogens is 388 g/mol. The molecule has 164 valence electrons. The molecule has 0 spiro atoms. The normalized spacial score (nSPS) is 26.0. The molecule has 2 aromatic carbocycles. The van der Waals surface area contributed by atoms with Gasteiger partial charge in [0.2, 0.25) is 0 Å². The smallest absolute Gasteiger partial charge is 0.308 e. The van der Waals surface area contributed by atoms with Crippen LogP contribution in [-0.2, 0) is 10.2 Å². The molecule has 3 atom stereocenters. The van der Waals surface area contributed by atoms with Crippen molar-refractivity contribution in [2.24, 2.45) is 5.92 Å². The molecule has 0 bridgehead atoms. The molecule has 0 aromatic heterocycles. The van der Waals surface area contributed by atoms with E-state index in [0.29, 0.717) is 11.7 Å². The zero-order chi connectivity index (χ0) is 22.0. The summed E-state index contributed by atoms with van der Waals surface area (Å²) >= 11 is 0. The lowest BCUT2D eigenvalue weighted by Gasteiger charge is -2.53. The number of piperidine rings is 1. The lowest BCUT2D eigenvalue weighted by molar-refractivity contribution is -0.131. The third kappa shape index (κ3) is 4.38. The fraction of sp³-hybridized carbons (Fsp3) is 0.462. The van der Waals surface area contributed by atoms with E-state index >= 15 is 0 Å². The molecule has 2 aliphatic rings. The van der Waals surface area contributed by atoms with E-state index in [-0.39, 0.29) is 23.3 Å². The molecule has 31 heavy (non-hydrogen) atoms. The third-order valence-corrected chi connectivity index (χ3v) is 7.26. The number of likely N-dealkylation sites (tertiary alicyclic amines) is 1. The Morgan fingerprint density at radius 1 is 1.10 bits per heavy atom. The maximum atomic E-state index is 13.1. The quantitative estimate of drug-likeness (QED) is 0.551. The van der Waals surface area contributed by atoms with Gasteiger partial charge in [0.05, 0.1) is 0 Å². The summed E-state index contributed by atoms with van der Waals surface area (Å²) in [6.45, 7) is 3.52. The molecular formula is C26H32N2O3. The number of ether oxygens (including phenoxy) is 1. The molecule has 1 heterocycles. The maximum absolute atomic E-state index is 13.1. The summed E-state index contributed by atoms with van der Waals surface area (Å²) in [7, 11) is 4.13. The number of carbonyl (C=O) groups is 2. The Morgan fingerprint density at radius 3 is 2.61 bits per heavy atom. The summed E-state index contributed by atoms with van der Waals surface area (Å²) in [4.78, 5) is 29.0. The van der Waals surface area contributed by atoms with E-state index in [1.165, 1.54) is 12.5 Å². The van der Waals surface area contributed by atoms with E-state index < -0.39 is 0 Å². The van der Waals surface area contributed by atoms with Gasteiger partial charge in [0.1, 0.15) is 5.75 Å². The van der Waals surface area contributed by atoms with Crippen LogP contribution in [-0.4, -0.2) is 54.9 Å². The molecule has 1 aliphatic carbocycles. The Balaban J connectivity index is 1.64. The van der Waals surface area contributed by atoms with Crippen molar-refractivity contribution in [3.63, 3.8) is 0 Å². The first kappa shape index (κ1) is 21.6. The van der Waals surface area contributed by atoms with Crippen molar-refractivity contribution >= 4 is 11.9 Å². The van der Waals surface area contributed by atoms with Gasteiger partial charge in [0, 0.05) is 37.5 Å². The molecule has 2 fully saturated rings. The lowest BCUT2D eigenvalue weighted by atomic mass is 9.58. The molecule has 0 N–H and O–H groups in total. The number of carbonyl (C=O) groups excluding carboxylic acids is 2. The minimum absolute atomic E-state index is 0.0171. The summed E-state index contributed by atoms with van der Waals surface area (Å²) < 4.78 is 5.40. The van der Waals surface area contributed by atoms with E-state index in [0.717, 1.165) is 44.3 Å². The first-order valence-corrected chi connectivity index (χ1v) is 11.2. The summed E-state index contributed by atoms with van der Waals surface area (Å²) in [6, 6.07) is 17.8. The zero-order valence-corrected chi connectivity index (χ0v) is 18.7. The number of rotatable bonds is 4. The number of nitrogens with zero attached hydrogens (tertiary/aromatic N) is 2. The van der Waals surface area contributed by atoms with Crippen molar-refractivity contribution in [1.29, 1.82) is 0 Å². The molecule has 0 radical (unpaired) electrons. The summed E-state index contributed by atoms with van der Waals surface area (Å²) in [5, 5.41) is 0. The molecule has 4 rings (SSSR count). The molecule has 1 amide bonds. The number of hydrogen-bond donors (Lipinski definition) is 0. The topological polar surface area (TPSA) is 49.9 Å². The van der Waals surface area contributed by atoms with Crippen molar-refractivity contribution in [1.82, 2.24) is 9.80 Å². The monoisotopic (exact) mass is 420 g/mol. The van der Waals surface area contributed by atoms with Gasteiger partial charge in [-0.15, -0.1) is 0 Å². The second-order valence-corrected chi connectivity index (χ2v) is 9.20. The van der Waals surface area contributed by atoms with Gasteiger partial charge < -0.3 is 14.5 Å². The number of amides is 1. The average Bonchev–Trinajstić information content (AvgIpc) is 2.78. The van der Waals surface area contributed by atoms with Crippen LogP contribution in [0.25, 0.3) is 0 Å². The highest BCUT2D eigenvalue weighted by atomic mass is 16.5. The van der Waals surface area contributed by atoms with Crippen molar-refractivity contribution in [3.05, 3.63) is 65.7 Å². The first-order chi connectivity index (χ1) is 14.9. The molecule has 5 nitrogen and oxygen atoms in total. The fourth-order valence-corrected chi connectivity index (χ4v) is 5.60. The van der Waals surface area contributed by atoms with E-state index in [4.69, 9.17) is 4.74 Å². The zero-order valence-electron chi connectivity index (χ0n) is 18.7. The maximum Gasteiger partial charge on any atom is 0.308 e. The first-order valence-electron chi connectivity index (χ1n) is 11.2. The third-order valence-electron chi connectivity index (χ3n) is 7.26. The summed E-state index contributed by atoms with van der Waals surface area (Å²) in [5.74, 6) is 0.910. The van der Waals surface area contributed by atoms with Gasteiger partial charge in [0.25, 0.3) is 5.91 Å². The number of hydrogen-bond acceptors (Lipinski definition) is 4. The van der Waals surface area contributed by atoms with Crippen LogP contribution in [0.3, 0.4) is 0 Å². The van der Waals surface area contributed by atoms with Gasteiger partial charge in [-0.1, -0.05) is 30.3 Å². The van der Waals surface area contributed by atoms with Crippen LogP contribution < -0.4 is 4.74 Å². The minimum Gasteiger partial charge on any atom is -0.427 e. The Morgan fingerprint density at radius 2 is 1.87 bits per heavy atom. The van der Waals surface area contributed by atoms with E-state index in [1.807, 2.05) is 60.5 Å². The predicted molar refractivity (Wildman–Crippen MR) is 121 cm³/mol. The molecule has 1 aliphatic heterocycles. The van der Waals surface area contributed by atoms with E-state index in [2.05, 4.69) is 18.0 Å². The van der Waals surface area contributed by atoms with Gasteiger partial charge in [-0.25, -0.2) is 0 Å². The standard InChI is InChI=1S/C26H32N2O3/c1-19(29)31-24-11-7-10-21(16-24)26-14-15-27(2)18-22(26)12-13-23(17-26)28(3)25(30)20-8-5-4-6-9-20/h4-11,16,22-23H,12-15,17-18H2,1-3H3/t22?,23-,26?/m1/s1.